The summed E-state index contributed by atoms with van der Waals surface area (Å²) in [5.41, 5.74) is -0.497. The van der Waals surface area contributed by atoms with Gasteiger partial charge < -0.3 is 10.4 Å². The SMILES string of the molecule is CC(CO)n1nnnc1-c1cccc(NC(=O)c2cc3c(cc2F)CN(C(C)(C)C)S3(=O)=O)n1. The van der Waals surface area contributed by atoms with Gasteiger partial charge in [-0.3, -0.25) is 4.79 Å². The maximum Gasteiger partial charge on any atom is 0.259 e. The van der Waals surface area contributed by atoms with Crippen LogP contribution in [0.15, 0.2) is 35.2 Å². The molecule has 0 aliphatic carbocycles. The van der Waals surface area contributed by atoms with Crippen LogP contribution in [0.3, 0.4) is 0 Å². The van der Waals surface area contributed by atoms with Crippen molar-refractivity contribution in [1.29, 1.82) is 0 Å². The first-order valence-corrected chi connectivity index (χ1v) is 11.9. The van der Waals surface area contributed by atoms with Gasteiger partial charge in [0.1, 0.15) is 17.3 Å². The van der Waals surface area contributed by atoms with Crippen LogP contribution in [0.5, 0.6) is 0 Å². The molecule has 1 atom stereocenters. The number of benzene rings is 1. The number of carbonyl (C=O) groups is 1. The smallest absolute Gasteiger partial charge is 0.259 e. The van der Waals surface area contributed by atoms with Crippen LogP contribution in [-0.2, 0) is 16.6 Å². The van der Waals surface area contributed by atoms with Crippen LogP contribution in [0.4, 0.5) is 10.2 Å². The van der Waals surface area contributed by atoms with Crippen LogP contribution in [0.1, 0.15) is 49.7 Å². The van der Waals surface area contributed by atoms with Crippen molar-refractivity contribution in [1.82, 2.24) is 29.5 Å². The van der Waals surface area contributed by atoms with Gasteiger partial charge in [-0.25, -0.2) is 22.5 Å². The number of nitrogens with zero attached hydrogens (tertiary/aromatic N) is 6. The van der Waals surface area contributed by atoms with Crippen molar-refractivity contribution >= 4 is 21.7 Å². The van der Waals surface area contributed by atoms with Crippen molar-refractivity contribution < 1.29 is 22.7 Å². The van der Waals surface area contributed by atoms with Crippen LogP contribution in [0.25, 0.3) is 11.5 Å². The first-order valence-electron chi connectivity index (χ1n) is 10.5. The van der Waals surface area contributed by atoms with Crippen LogP contribution >= 0.6 is 0 Å². The minimum Gasteiger partial charge on any atom is -0.394 e. The molecule has 180 valence electrons. The number of aliphatic hydroxyl groups excluding tert-OH is 1. The fourth-order valence-electron chi connectivity index (χ4n) is 3.64. The predicted octanol–water partition coefficient (Wildman–Crippen LogP) is 1.98. The monoisotopic (exact) mass is 489 g/mol. The number of tetrazole rings is 1. The molecule has 1 aliphatic heterocycles. The molecule has 1 aliphatic rings. The van der Waals surface area contributed by atoms with Gasteiger partial charge in [0.25, 0.3) is 5.91 Å². The van der Waals surface area contributed by atoms with Crippen LogP contribution in [0, 0.1) is 5.82 Å². The molecule has 3 aromatic rings. The Hall–Kier alpha value is -3.29. The van der Waals surface area contributed by atoms with Crippen molar-refractivity contribution in [3.05, 3.63) is 47.3 Å². The quantitative estimate of drug-likeness (QED) is 0.554. The molecule has 11 nitrogen and oxygen atoms in total. The Labute approximate surface area is 195 Å². The van der Waals surface area contributed by atoms with E-state index in [1.807, 2.05) is 0 Å². The molecule has 4 rings (SSSR count). The molecule has 13 heteroatoms. The fourth-order valence-corrected chi connectivity index (χ4v) is 5.63. The van der Waals surface area contributed by atoms with E-state index < -0.39 is 38.9 Å². The fraction of sp³-hybridized carbons (Fsp3) is 0.381. The molecule has 0 bridgehead atoms. The lowest BCUT2D eigenvalue weighted by Crippen LogP contribution is -2.41. The van der Waals surface area contributed by atoms with Crippen LogP contribution < -0.4 is 5.32 Å². The van der Waals surface area contributed by atoms with Gasteiger partial charge in [-0.15, -0.1) is 5.10 Å². The molecule has 1 unspecified atom stereocenters. The molecule has 1 aromatic carbocycles. The number of pyridine rings is 1. The minimum absolute atomic E-state index is 0.0323. The third-order valence-corrected chi connectivity index (χ3v) is 7.61. The number of halogens is 1. The maximum absolute atomic E-state index is 14.8. The summed E-state index contributed by atoms with van der Waals surface area (Å²) in [6, 6.07) is 6.46. The molecule has 34 heavy (non-hydrogen) atoms. The molecule has 2 aromatic heterocycles. The summed E-state index contributed by atoms with van der Waals surface area (Å²) in [5.74, 6) is -1.32. The zero-order valence-electron chi connectivity index (χ0n) is 19.0. The number of carbonyl (C=O) groups excluding carboxylic acids is 1. The highest BCUT2D eigenvalue weighted by Crippen LogP contribution is 2.37. The summed E-state index contributed by atoms with van der Waals surface area (Å²) in [7, 11) is -3.88. The van der Waals surface area contributed by atoms with Crippen molar-refractivity contribution in [3.8, 4) is 11.5 Å². The second kappa shape index (κ2) is 8.49. The first kappa shape index (κ1) is 23.9. The van der Waals surface area contributed by atoms with Gasteiger partial charge in [0, 0.05) is 12.1 Å². The molecular formula is C21H24FN7O4S. The molecule has 0 saturated heterocycles. The number of hydrogen-bond acceptors (Lipinski definition) is 8. The summed E-state index contributed by atoms with van der Waals surface area (Å²) in [4.78, 5) is 17.1. The van der Waals surface area contributed by atoms with E-state index in [1.54, 1.807) is 39.8 Å². The Morgan fingerprint density at radius 2 is 2.03 bits per heavy atom. The van der Waals surface area contributed by atoms with Crippen molar-refractivity contribution in [2.75, 3.05) is 11.9 Å². The molecule has 1 amide bonds. The minimum atomic E-state index is -3.88. The number of rotatable bonds is 5. The standard InChI is InChI=1S/C21H24FN7O4S/c1-12(11-30)29-19(25-26-27-29)16-6-5-7-18(23-16)24-20(31)14-9-17-13(8-15(14)22)10-28(21(2,3)4)34(17,32)33/h5-9,12,30H,10-11H2,1-4H3,(H,23,24,31). The normalized spacial score (nSPS) is 16.3. The predicted molar refractivity (Wildman–Crippen MR) is 120 cm³/mol. The topological polar surface area (TPSA) is 143 Å². The zero-order valence-corrected chi connectivity index (χ0v) is 19.8. The summed E-state index contributed by atoms with van der Waals surface area (Å²) in [6.07, 6.45) is 0. The van der Waals surface area contributed by atoms with E-state index in [0.717, 1.165) is 12.1 Å². The summed E-state index contributed by atoms with van der Waals surface area (Å²) in [6.45, 7) is 6.80. The lowest BCUT2D eigenvalue weighted by atomic mass is 10.1. The molecule has 3 heterocycles. The molecule has 0 saturated carbocycles. The van der Waals surface area contributed by atoms with Gasteiger partial charge in [0.05, 0.1) is 23.1 Å². The number of nitrogens with one attached hydrogen (secondary N) is 1. The number of amides is 1. The lowest BCUT2D eigenvalue weighted by molar-refractivity contribution is 0.102. The zero-order chi connectivity index (χ0) is 24.8. The van der Waals surface area contributed by atoms with Crippen LogP contribution in [-0.4, -0.2) is 61.1 Å². The van der Waals surface area contributed by atoms with E-state index in [9.17, 15) is 22.7 Å². The van der Waals surface area contributed by atoms with Crippen molar-refractivity contribution in [3.63, 3.8) is 0 Å². The number of hydrogen-bond donors (Lipinski definition) is 2. The number of fused-ring (bicyclic) bond motifs is 1. The summed E-state index contributed by atoms with van der Waals surface area (Å²) < 4.78 is 43.4. The highest BCUT2D eigenvalue weighted by atomic mass is 32.2. The first-order chi connectivity index (χ1) is 15.9. The Morgan fingerprint density at radius 3 is 2.71 bits per heavy atom. The van der Waals surface area contributed by atoms with Crippen LogP contribution in [0.2, 0.25) is 0 Å². The highest BCUT2D eigenvalue weighted by Gasteiger charge is 2.42. The van der Waals surface area contributed by atoms with E-state index in [2.05, 4.69) is 25.8 Å². The van der Waals surface area contributed by atoms with Gasteiger partial charge >= 0.3 is 0 Å². The Morgan fingerprint density at radius 1 is 1.29 bits per heavy atom. The number of anilines is 1. The average molecular weight is 490 g/mol. The van der Waals surface area contributed by atoms with E-state index >= 15 is 0 Å². The van der Waals surface area contributed by atoms with E-state index in [-0.39, 0.29) is 29.7 Å². The van der Waals surface area contributed by atoms with Gasteiger partial charge in [-0.05, 0) is 68.0 Å². The number of aromatic nitrogens is 5. The van der Waals surface area contributed by atoms with Crippen molar-refractivity contribution in [2.45, 2.75) is 50.7 Å². The van der Waals surface area contributed by atoms with Gasteiger partial charge in [-0.2, -0.15) is 4.31 Å². The Bertz CT molecular complexity index is 1370. The summed E-state index contributed by atoms with van der Waals surface area (Å²) in [5, 5.41) is 23.2. The average Bonchev–Trinajstić information content (AvgIpc) is 3.35. The Kier molecular flexibility index (Phi) is 5.96. The second-order valence-electron chi connectivity index (χ2n) is 8.96. The molecule has 0 radical (unpaired) electrons. The lowest BCUT2D eigenvalue weighted by Gasteiger charge is -2.29. The molecular weight excluding hydrogens is 465 g/mol. The second-order valence-corrected chi connectivity index (χ2v) is 10.8. The molecule has 0 spiro atoms. The van der Waals surface area contributed by atoms with Gasteiger partial charge in [-0.1, -0.05) is 6.07 Å². The Balaban J connectivity index is 1.64. The maximum atomic E-state index is 14.8. The highest BCUT2D eigenvalue weighted by molar-refractivity contribution is 7.89. The van der Waals surface area contributed by atoms with Gasteiger partial charge in [0.15, 0.2) is 0 Å². The number of aliphatic hydroxyl groups is 1. The third-order valence-electron chi connectivity index (χ3n) is 5.42. The largest absolute Gasteiger partial charge is 0.394 e. The summed E-state index contributed by atoms with van der Waals surface area (Å²) >= 11 is 0. The molecule has 0 fully saturated rings. The number of sulfonamides is 1. The van der Waals surface area contributed by atoms with Gasteiger partial charge in [0.2, 0.25) is 15.8 Å². The third kappa shape index (κ3) is 4.17. The van der Waals surface area contributed by atoms with E-state index in [0.29, 0.717) is 11.3 Å². The van der Waals surface area contributed by atoms with E-state index in [4.69, 9.17) is 0 Å². The molecule has 2 N–H and O–H groups in total. The van der Waals surface area contributed by atoms with Crippen molar-refractivity contribution in [2.24, 2.45) is 0 Å². The van der Waals surface area contributed by atoms with E-state index in [1.165, 1.54) is 15.1 Å².